The summed E-state index contributed by atoms with van der Waals surface area (Å²) >= 11 is 0. The van der Waals surface area contributed by atoms with Crippen LogP contribution in [0.5, 0.6) is 0 Å². The first-order valence-electron chi connectivity index (χ1n) is 12.1. The lowest BCUT2D eigenvalue weighted by Gasteiger charge is -2.28. The second-order valence-corrected chi connectivity index (χ2v) is 10.8. The zero-order valence-electron chi connectivity index (χ0n) is 20.1. The number of anilines is 2. The van der Waals surface area contributed by atoms with Crippen molar-refractivity contribution in [1.29, 1.82) is 0 Å². The van der Waals surface area contributed by atoms with Crippen LogP contribution in [0.2, 0.25) is 0 Å². The minimum Gasteiger partial charge on any atom is -0.372 e. The third-order valence-corrected chi connectivity index (χ3v) is 7.98. The maximum Gasteiger partial charge on any atom is 0.276 e. The van der Waals surface area contributed by atoms with E-state index < -0.39 is 10.0 Å². The van der Waals surface area contributed by atoms with E-state index in [1.807, 2.05) is 36.4 Å². The minimum atomic E-state index is -3.50. The molecular formula is C27H29N5O3S. The molecule has 0 radical (unpaired) electrons. The number of nitrogens with one attached hydrogen (secondary N) is 2. The third-order valence-electron chi connectivity index (χ3n) is 6.55. The largest absolute Gasteiger partial charge is 0.372 e. The number of para-hydroxylation sites is 1. The SMILES string of the molecule is CNS(=O)(=O)c1ccc(Cn2nc(C(=O)Nc3ccc(N4CCCCC4)cc3)c3ccccc32)cc1. The molecule has 0 aliphatic carbocycles. The summed E-state index contributed by atoms with van der Waals surface area (Å²) in [7, 11) is -2.11. The number of nitrogens with zero attached hydrogens (tertiary/aromatic N) is 3. The van der Waals surface area contributed by atoms with Crippen molar-refractivity contribution >= 4 is 38.2 Å². The molecule has 1 amide bonds. The minimum absolute atomic E-state index is 0.199. The summed E-state index contributed by atoms with van der Waals surface area (Å²) in [6.07, 6.45) is 3.72. The quantitative estimate of drug-likeness (QED) is 0.393. The highest BCUT2D eigenvalue weighted by Crippen LogP contribution is 2.24. The van der Waals surface area contributed by atoms with Gasteiger partial charge in [-0.15, -0.1) is 0 Å². The summed E-state index contributed by atoms with van der Waals surface area (Å²) in [6.45, 7) is 2.55. The zero-order chi connectivity index (χ0) is 25.1. The summed E-state index contributed by atoms with van der Waals surface area (Å²) in [4.78, 5) is 15.8. The molecule has 4 aromatic rings. The van der Waals surface area contributed by atoms with E-state index >= 15 is 0 Å². The highest BCUT2D eigenvalue weighted by atomic mass is 32.2. The Kier molecular flexibility index (Phi) is 6.75. The molecule has 0 unspecified atom stereocenters. The van der Waals surface area contributed by atoms with Gasteiger partial charge in [-0.25, -0.2) is 13.1 Å². The number of benzene rings is 3. The van der Waals surface area contributed by atoms with Gasteiger partial charge in [0.25, 0.3) is 5.91 Å². The van der Waals surface area contributed by atoms with E-state index in [0.717, 1.165) is 35.2 Å². The molecule has 1 aliphatic rings. The van der Waals surface area contributed by atoms with Gasteiger partial charge in [0, 0.05) is 29.9 Å². The molecule has 186 valence electrons. The van der Waals surface area contributed by atoms with Gasteiger partial charge in [-0.05, 0) is 74.3 Å². The number of hydrogen-bond donors (Lipinski definition) is 2. The molecule has 1 aliphatic heterocycles. The molecule has 1 aromatic heterocycles. The lowest BCUT2D eigenvalue weighted by molar-refractivity contribution is 0.102. The van der Waals surface area contributed by atoms with Crippen LogP contribution in [0.1, 0.15) is 35.3 Å². The Bertz CT molecular complexity index is 1470. The van der Waals surface area contributed by atoms with Crippen LogP contribution >= 0.6 is 0 Å². The molecule has 1 fully saturated rings. The first-order chi connectivity index (χ1) is 17.4. The Morgan fingerprint density at radius 3 is 2.31 bits per heavy atom. The van der Waals surface area contributed by atoms with Gasteiger partial charge in [0.15, 0.2) is 5.69 Å². The molecule has 0 bridgehead atoms. The smallest absolute Gasteiger partial charge is 0.276 e. The average molecular weight is 504 g/mol. The van der Waals surface area contributed by atoms with Gasteiger partial charge >= 0.3 is 0 Å². The highest BCUT2D eigenvalue weighted by Gasteiger charge is 2.18. The van der Waals surface area contributed by atoms with Crippen LogP contribution in [0.15, 0.2) is 77.7 Å². The van der Waals surface area contributed by atoms with Gasteiger partial charge in [0.2, 0.25) is 10.0 Å². The van der Waals surface area contributed by atoms with Gasteiger partial charge in [-0.2, -0.15) is 5.10 Å². The first-order valence-corrected chi connectivity index (χ1v) is 13.6. The Labute approximate surface area is 211 Å². The molecule has 36 heavy (non-hydrogen) atoms. The Morgan fingerprint density at radius 2 is 1.61 bits per heavy atom. The summed E-state index contributed by atoms with van der Waals surface area (Å²) in [5.41, 5.74) is 3.95. The molecule has 8 nitrogen and oxygen atoms in total. The molecule has 0 saturated carbocycles. The van der Waals surface area contributed by atoms with E-state index in [4.69, 9.17) is 0 Å². The number of piperidine rings is 1. The molecule has 3 aromatic carbocycles. The number of carbonyl (C=O) groups excluding carboxylic acids is 1. The van der Waals surface area contributed by atoms with Crippen molar-refractivity contribution in [2.45, 2.75) is 30.7 Å². The predicted molar refractivity (Wildman–Crippen MR) is 142 cm³/mol. The van der Waals surface area contributed by atoms with Crippen molar-refractivity contribution < 1.29 is 13.2 Å². The second kappa shape index (κ2) is 10.1. The predicted octanol–water partition coefficient (Wildman–Crippen LogP) is 4.24. The number of aromatic nitrogens is 2. The molecule has 0 atom stereocenters. The van der Waals surface area contributed by atoms with Gasteiger partial charge in [0.1, 0.15) is 0 Å². The van der Waals surface area contributed by atoms with Gasteiger partial charge in [0.05, 0.1) is 17.0 Å². The summed E-state index contributed by atoms with van der Waals surface area (Å²) in [6, 6.07) is 22.2. The van der Waals surface area contributed by atoms with E-state index in [2.05, 4.69) is 32.2 Å². The molecule has 2 N–H and O–H groups in total. The van der Waals surface area contributed by atoms with Crippen LogP contribution in [0, 0.1) is 0 Å². The normalized spacial score (nSPS) is 14.2. The van der Waals surface area contributed by atoms with E-state index in [0.29, 0.717) is 12.2 Å². The summed E-state index contributed by atoms with van der Waals surface area (Å²) in [5.74, 6) is -0.272. The number of hydrogen-bond acceptors (Lipinski definition) is 5. The van der Waals surface area contributed by atoms with Crippen LogP contribution in [0.3, 0.4) is 0 Å². The van der Waals surface area contributed by atoms with Gasteiger partial charge in [-0.3, -0.25) is 9.48 Å². The number of carbonyl (C=O) groups is 1. The van der Waals surface area contributed by atoms with Crippen molar-refractivity contribution in [1.82, 2.24) is 14.5 Å². The van der Waals surface area contributed by atoms with Crippen LogP contribution < -0.4 is 14.9 Å². The molecule has 5 rings (SSSR count). The maximum absolute atomic E-state index is 13.2. The van der Waals surface area contributed by atoms with E-state index in [9.17, 15) is 13.2 Å². The second-order valence-electron chi connectivity index (χ2n) is 8.92. The number of rotatable bonds is 7. The van der Waals surface area contributed by atoms with Crippen molar-refractivity contribution in [3.05, 3.63) is 84.1 Å². The van der Waals surface area contributed by atoms with Crippen molar-refractivity contribution in [2.75, 3.05) is 30.4 Å². The lowest BCUT2D eigenvalue weighted by atomic mass is 10.1. The van der Waals surface area contributed by atoms with Crippen molar-refractivity contribution in [3.8, 4) is 0 Å². The van der Waals surface area contributed by atoms with Crippen LogP contribution in [0.25, 0.3) is 10.9 Å². The Morgan fingerprint density at radius 1 is 0.917 bits per heavy atom. The highest BCUT2D eigenvalue weighted by molar-refractivity contribution is 7.89. The average Bonchev–Trinajstić information content (AvgIpc) is 3.28. The molecule has 1 saturated heterocycles. The summed E-state index contributed by atoms with van der Waals surface area (Å²) < 4.78 is 28.1. The Hall–Kier alpha value is -3.69. The third kappa shape index (κ3) is 4.98. The Balaban J connectivity index is 1.35. The molecule has 9 heteroatoms. The maximum atomic E-state index is 13.2. The lowest BCUT2D eigenvalue weighted by Crippen LogP contribution is -2.29. The topological polar surface area (TPSA) is 96.3 Å². The zero-order valence-corrected chi connectivity index (χ0v) is 21.0. The van der Waals surface area contributed by atoms with Crippen molar-refractivity contribution in [2.24, 2.45) is 0 Å². The van der Waals surface area contributed by atoms with E-state index in [-0.39, 0.29) is 10.8 Å². The van der Waals surface area contributed by atoms with Crippen LogP contribution in [-0.4, -0.2) is 44.2 Å². The molecule has 2 heterocycles. The first kappa shape index (κ1) is 24.0. The van der Waals surface area contributed by atoms with Gasteiger partial charge in [-0.1, -0.05) is 30.3 Å². The van der Waals surface area contributed by atoms with Gasteiger partial charge < -0.3 is 10.2 Å². The monoisotopic (exact) mass is 503 g/mol. The standard InChI is InChI=1S/C27H29N5O3S/c1-28-36(34,35)23-15-9-20(10-16-23)19-32-25-8-4-3-7-24(25)26(30-32)27(33)29-21-11-13-22(14-12-21)31-17-5-2-6-18-31/h3-4,7-16,28H,2,5-6,17-19H2,1H3,(H,29,33). The number of amides is 1. The van der Waals surface area contributed by atoms with E-state index in [1.165, 1.54) is 32.0 Å². The van der Waals surface area contributed by atoms with Crippen molar-refractivity contribution in [3.63, 3.8) is 0 Å². The van der Waals surface area contributed by atoms with Crippen LogP contribution in [0.4, 0.5) is 11.4 Å². The van der Waals surface area contributed by atoms with Crippen LogP contribution in [-0.2, 0) is 16.6 Å². The number of fused-ring (bicyclic) bond motifs is 1. The summed E-state index contributed by atoms with van der Waals surface area (Å²) in [5, 5.41) is 8.36. The van der Waals surface area contributed by atoms with E-state index in [1.54, 1.807) is 28.9 Å². The molecule has 0 spiro atoms. The fraction of sp³-hybridized carbons (Fsp3) is 0.259. The molecular weight excluding hydrogens is 474 g/mol. The fourth-order valence-corrected chi connectivity index (χ4v) is 5.31. The number of sulfonamides is 1. The fourth-order valence-electron chi connectivity index (χ4n) is 4.58.